The Morgan fingerprint density at radius 3 is 2.63 bits per heavy atom. The molecule has 106 valence electrons. The van der Waals surface area contributed by atoms with E-state index in [1.807, 2.05) is 0 Å². The molecule has 4 amide bonds. The van der Waals surface area contributed by atoms with Crippen molar-refractivity contribution in [2.24, 2.45) is 5.73 Å². The number of urea groups is 1. The number of hydrogen-bond acceptors (Lipinski definition) is 4. The van der Waals surface area contributed by atoms with Crippen molar-refractivity contribution in [3.63, 3.8) is 0 Å². The maximum absolute atomic E-state index is 11.4. The highest BCUT2D eigenvalue weighted by Crippen LogP contribution is 2.04. The first-order valence-corrected chi connectivity index (χ1v) is 5.73. The quantitative estimate of drug-likeness (QED) is 0.375. The van der Waals surface area contributed by atoms with E-state index in [1.54, 1.807) is 0 Å². The van der Waals surface area contributed by atoms with Crippen molar-refractivity contribution in [3.8, 4) is 0 Å². The number of carboxylic acid groups (broad SMARTS) is 1. The van der Waals surface area contributed by atoms with Gasteiger partial charge in [-0.15, -0.1) is 0 Å². The van der Waals surface area contributed by atoms with Gasteiger partial charge in [0.15, 0.2) is 0 Å². The number of primary amides is 1. The van der Waals surface area contributed by atoms with Crippen LogP contribution in [0.1, 0.15) is 19.3 Å². The monoisotopic (exact) mass is 272 g/mol. The summed E-state index contributed by atoms with van der Waals surface area (Å²) in [5.74, 6) is -2.25. The van der Waals surface area contributed by atoms with Crippen LogP contribution in [0, 0.1) is 0 Å². The molecule has 1 saturated heterocycles. The van der Waals surface area contributed by atoms with E-state index in [1.165, 1.54) is 0 Å². The van der Waals surface area contributed by atoms with Crippen molar-refractivity contribution in [1.82, 2.24) is 16.0 Å². The minimum atomic E-state index is -1.37. The summed E-state index contributed by atoms with van der Waals surface area (Å²) in [7, 11) is 0. The van der Waals surface area contributed by atoms with Crippen molar-refractivity contribution in [2.75, 3.05) is 6.54 Å². The van der Waals surface area contributed by atoms with Gasteiger partial charge in [0.25, 0.3) is 0 Å². The van der Waals surface area contributed by atoms with E-state index in [-0.39, 0.29) is 18.5 Å². The molecule has 0 aromatic carbocycles. The summed E-state index contributed by atoms with van der Waals surface area (Å²) in [4.78, 5) is 43.8. The zero-order valence-corrected chi connectivity index (χ0v) is 10.1. The standard InChI is InChI=1S/C10H16N4O5/c11-7(15)3-6(9(17)18)14-10(19)12-4-5-1-2-8(16)13-5/h5-6H,1-4H2,(H2,11,15)(H,13,16)(H,17,18)(H2,12,14,19). The molecule has 0 bridgehead atoms. The van der Waals surface area contributed by atoms with Crippen LogP contribution in [0.15, 0.2) is 0 Å². The van der Waals surface area contributed by atoms with Gasteiger partial charge in [0, 0.05) is 19.0 Å². The summed E-state index contributed by atoms with van der Waals surface area (Å²) in [6.07, 6.45) is 0.541. The predicted molar refractivity (Wildman–Crippen MR) is 62.9 cm³/mol. The molecule has 1 aliphatic heterocycles. The van der Waals surface area contributed by atoms with E-state index >= 15 is 0 Å². The number of hydrogen-bond donors (Lipinski definition) is 5. The van der Waals surface area contributed by atoms with E-state index < -0.39 is 30.4 Å². The molecule has 9 heteroatoms. The predicted octanol–water partition coefficient (Wildman–Crippen LogP) is -2.11. The number of carboxylic acids is 1. The molecule has 0 aliphatic carbocycles. The Balaban J connectivity index is 2.34. The fourth-order valence-corrected chi connectivity index (χ4v) is 1.66. The van der Waals surface area contributed by atoms with Gasteiger partial charge < -0.3 is 26.8 Å². The van der Waals surface area contributed by atoms with Crippen molar-refractivity contribution in [2.45, 2.75) is 31.3 Å². The molecule has 1 fully saturated rings. The summed E-state index contributed by atoms with van der Waals surface area (Å²) in [5.41, 5.74) is 4.87. The van der Waals surface area contributed by atoms with E-state index in [9.17, 15) is 19.2 Å². The molecule has 0 aromatic rings. The fraction of sp³-hybridized carbons (Fsp3) is 0.600. The third-order valence-electron chi connectivity index (χ3n) is 2.60. The summed E-state index contributed by atoms with van der Waals surface area (Å²) < 4.78 is 0. The molecular formula is C10H16N4O5. The van der Waals surface area contributed by atoms with Crippen LogP contribution in [-0.4, -0.2) is 47.5 Å². The van der Waals surface area contributed by atoms with Gasteiger partial charge in [-0.3, -0.25) is 9.59 Å². The van der Waals surface area contributed by atoms with Crippen LogP contribution in [0.4, 0.5) is 4.79 Å². The van der Waals surface area contributed by atoms with Crippen molar-refractivity contribution in [1.29, 1.82) is 0 Å². The van der Waals surface area contributed by atoms with Gasteiger partial charge in [0.2, 0.25) is 11.8 Å². The lowest BCUT2D eigenvalue weighted by Gasteiger charge is -2.15. The Morgan fingerprint density at radius 1 is 1.47 bits per heavy atom. The van der Waals surface area contributed by atoms with Crippen LogP contribution in [0.3, 0.4) is 0 Å². The summed E-state index contributed by atoms with van der Waals surface area (Å²) >= 11 is 0. The second-order valence-corrected chi connectivity index (χ2v) is 4.22. The van der Waals surface area contributed by atoms with E-state index in [0.29, 0.717) is 12.8 Å². The van der Waals surface area contributed by atoms with Crippen LogP contribution in [-0.2, 0) is 14.4 Å². The van der Waals surface area contributed by atoms with Crippen LogP contribution in [0.2, 0.25) is 0 Å². The highest BCUT2D eigenvalue weighted by atomic mass is 16.4. The van der Waals surface area contributed by atoms with E-state index in [0.717, 1.165) is 0 Å². The van der Waals surface area contributed by atoms with Crippen molar-refractivity contribution < 1.29 is 24.3 Å². The molecule has 0 aromatic heterocycles. The number of nitrogens with one attached hydrogen (secondary N) is 3. The third kappa shape index (κ3) is 5.23. The minimum absolute atomic E-state index is 0.0793. The van der Waals surface area contributed by atoms with Gasteiger partial charge >= 0.3 is 12.0 Å². The topological polar surface area (TPSA) is 151 Å². The zero-order chi connectivity index (χ0) is 14.4. The molecule has 1 heterocycles. The second kappa shape index (κ2) is 6.57. The molecular weight excluding hydrogens is 256 g/mol. The lowest BCUT2D eigenvalue weighted by atomic mass is 10.2. The Bertz CT molecular complexity index is 397. The van der Waals surface area contributed by atoms with Crippen LogP contribution in [0.25, 0.3) is 0 Å². The first kappa shape index (κ1) is 14.7. The van der Waals surface area contributed by atoms with Gasteiger partial charge in [-0.2, -0.15) is 0 Å². The van der Waals surface area contributed by atoms with Gasteiger partial charge in [-0.25, -0.2) is 9.59 Å². The Labute approximate surface area is 108 Å². The second-order valence-electron chi connectivity index (χ2n) is 4.22. The molecule has 0 spiro atoms. The molecule has 0 saturated carbocycles. The molecule has 1 aliphatic rings. The lowest BCUT2D eigenvalue weighted by Crippen LogP contribution is -2.49. The number of carbonyl (C=O) groups excluding carboxylic acids is 3. The number of rotatable bonds is 6. The molecule has 6 N–H and O–H groups in total. The third-order valence-corrected chi connectivity index (χ3v) is 2.60. The zero-order valence-electron chi connectivity index (χ0n) is 10.1. The molecule has 1 rings (SSSR count). The van der Waals surface area contributed by atoms with E-state index in [4.69, 9.17) is 10.8 Å². The Morgan fingerprint density at radius 2 is 2.16 bits per heavy atom. The van der Waals surface area contributed by atoms with Gasteiger partial charge in [-0.1, -0.05) is 0 Å². The van der Waals surface area contributed by atoms with Crippen LogP contribution < -0.4 is 21.7 Å². The average Bonchev–Trinajstić information content (AvgIpc) is 2.71. The molecule has 0 radical (unpaired) electrons. The maximum atomic E-state index is 11.4. The van der Waals surface area contributed by atoms with Crippen LogP contribution in [0.5, 0.6) is 0 Å². The first-order chi connectivity index (χ1) is 8.88. The smallest absolute Gasteiger partial charge is 0.326 e. The largest absolute Gasteiger partial charge is 0.480 e. The maximum Gasteiger partial charge on any atom is 0.326 e. The summed E-state index contributed by atoms with van der Waals surface area (Å²) in [5, 5.41) is 16.0. The molecule has 2 atom stereocenters. The molecule has 19 heavy (non-hydrogen) atoms. The van der Waals surface area contributed by atoms with Crippen LogP contribution >= 0.6 is 0 Å². The van der Waals surface area contributed by atoms with Crippen molar-refractivity contribution >= 4 is 23.8 Å². The summed E-state index contributed by atoms with van der Waals surface area (Å²) in [6, 6.07) is -2.25. The number of carbonyl (C=O) groups is 4. The van der Waals surface area contributed by atoms with E-state index in [2.05, 4.69) is 16.0 Å². The SMILES string of the molecule is NC(=O)CC(NC(=O)NCC1CCC(=O)N1)C(=O)O. The lowest BCUT2D eigenvalue weighted by molar-refractivity contribution is -0.140. The Hall–Kier alpha value is -2.32. The average molecular weight is 272 g/mol. The molecule has 9 nitrogen and oxygen atoms in total. The minimum Gasteiger partial charge on any atom is -0.480 e. The highest BCUT2D eigenvalue weighted by molar-refractivity contribution is 5.87. The first-order valence-electron chi connectivity index (χ1n) is 5.73. The number of amides is 4. The number of aliphatic carboxylic acids is 1. The normalized spacial score (nSPS) is 19.4. The van der Waals surface area contributed by atoms with Crippen molar-refractivity contribution in [3.05, 3.63) is 0 Å². The summed E-state index contributed by atoms with van der Waals surface area (Å²) in [6.45, 7) is 0.195. The van der Waals surface area contributed by atoms with Gasteiger partial charge in [0.05, 0.1) is 6.42 Å². The highest BCUT2D eigenvalue weighted by Gasteiger charge is 2.24. The Kier molecular flexibility index (Phi) is 5.10. The number of nitrogens with two attached hydrogens (primary N) is 1. The molecule has 2 unspecified atom stereocenters. The van der Waals surface area contributed by atoms with Gasteiger partial charge in [-0.05, 0) is 6.42 Å². The van der Waals surface area contributed by atoms with Gasteiger partial charge in [0.1, 0.15) is 6.04 Å². The fourth-order valence-electron chi connectivity index (χ4n) is 1.66.